The molecule has 2 atom stereocenters. The number of rotatable bonds is 4. The molecule has 29 heavy (non-hydrogen) atoms. The van der Waals surface area contributed by atoms with Gasteiger partial charge in [-0.15, -0.1) is 0 Å². The summed E-state index contributed by atoms with van der Waals surface area (Å²) < 4.78 is 0. The Labute approximate surface area is 177 Å². The summed E-state index contributed by atoms with van der Waals surface area (Å²) in [6.07, 6.45) is 1.51. The molecule has 1 heterocycles. The summed E-state index contributed by atoms with van der Waals surface area (Å²) in [7, 11) is 0. The van der Waals surface area contributed by atoms with Crippen molar-refractivity contribution in [3.05, 3.63) is 99.6 Å². The highest BCUT2D eigenvalue weighted by molar-refractivity contribution is 6.30. The summed E-state index contributed by atoms with van der Waals surface area (Å²) in [4.78, 5) is 5.03. The van der Waals surface area contributed by atoms with Crippen LogP contribution in [-0.2, 0) is 6.42 Å². The minimum absolute atomic E-state index is 0.0849. The number of phenolic OH excluding ortho intramolecular Hbond substituents is 1. The summed E-state index contributed by atoms with van der Waals surface area (Å²) in [5.41, 5.74) is 6.57. The van der Waals surface area contributed by atoms with E-state index in [4.69, 9.17) is 16.6 Å². The molecule has 3 nitrogen and oxygen atoms in total. The quantitative estimate of drug-likeness (QED) is 0.548. The van der Waals surface area contributed by atoms with Crippen molar-refractivity contribution in [2.45, 2.75) is 38.9 Å². The van der Waals surface area contributed by atoms with Crippen LogP contribution in [0, 0.1) is 6.92 Å². The van der Waals surface area contributed by atoms with Crippen LogP contribution < -0.4 is 5.32 Å². The highest BCUT2D eigenvalue weighted by atomic mass is 35.5. The van der Waals surface area contributed by atoms with E-state index in [9.17, 15) is 5.11 Å². The Morgan fingerprint density at radius 3 is 2.45 bits per heavy atom. The van der Waals surface area contributed by atoms with Crippen molar-refractivity contribution in [2.75, 3.05) is 0 Å². The maximum Gasteiger partial charge on any atom is 0.126 e. The van der Waals surface area contributed by atoms with Gasteiger partial charge in [0.1, 0.15) is 11.9 Å². The molecule has 3 aromatic rings. The van der Waals surface area contributed by atoms with Crippen molar-refractivity contribution in [3.63, 3.8) is 0 Å². The number of nitrogens with zero attached hydrogens (tertiary/aromatic N) is 1. The summed E-state index contributed by atoms with van der Waals surface area (Å²) >= 11 is 6.22. The highest BCUT2D eigenvalue weighted by Crippen LogP contribution is 2.35. The van der Waals surface area contributed by atoms with Gasteiger partial charge < -0.3 is 5.11 Å². The summed E-state index contributed by atoms with van der Waals surface area (Å²) in [6, 6.07) is 22.1. The molecular formula is C25H25ClN2O. The smallest absolute Gasteiger partial charge is 0.126 e. The Kier molecular flexibility index (Phi) is 5.70. The van der Waals surface area contributed by atoms with Crippen molar-refractivity contribution >= 4 is 17.3 Å². The first-order valence-electron chi connectivity index (χ1n) is 10.0. The fraction of sp³-hybridized carbons (Fsp3) is 0.240. The third kappa shape index (κ3) is 4.36. The van der Waals surface area contributed by atoms with E-state index in [2.05, 4.69) is 67.7 Å². The number of aromatic hydroxyl groups is 1. The number of phenols is 1. The number of hydrogen-bond donors (Lipinski definition) is 2. The average molecular weight is 405 g/mol. The van der Waals surface area contributed by atoms with Crippen molar-refractivity contribution in [1.29, 1.82) is 0 Å². The molecule has 3 aromatic carbocycles. The van der Waals surface area contributed by atoms with Crippen molar-refractivity contribution in [2.24, 2.45) is 4.99 Å². The monoisotopic (exact) mass is 404 g/mol. The molecule has 0 aliphatic carbocycles. The average Bonchev–Trinajstić information content (AvgIpc) is 2.75. The number of aryl methyl sites for hydroxylation is 2. The van der Waals surface area contributed by atoms with Crippen LogP contribution in [0.25, 0.3) is 0 Å². The molecule has 1 aliphatic heterocycles. The minimum atomic E-state index is -0.186. The SMILES string of the molecule is CCc1ccc(C2=N[C@@H](c3ccc(C)cc3)N[C@@H](c3cc(Cl)ccc3O)C2)cc1. The van der Waals surface area contributed by atoms with Crippen molar-refractivity contribution in [1.82, 2.24) is 5.32 Å². The Bertz CT molecular complexity index is 1030. The van der Waals surface area contributed by atoms with E-state index < -0.39 is 0 Å². The number of halogens is 1. The first-order chi connectivity index (χ1) is 14.0. The number of nitrogens with one attached hydrogen (secondary N) is 1. The molecule has 2 N–H and O–H groups in total. The first kappa shape index (κ1) is 19.7. The van der Waals surface area contributed by atoms with E-state index in [-0.39, 0.29) is 18.0 Å². The predicted octanol–water partition coefficient (Wildman–Crippen LogP) is 6.14. The third-order valence-corrected chi connectivity index (χ3v) is 5.73. The molecule has 0 radical (unpaired) electrons. The van der Waals surface area contributed by atoms with E-state index in [1.54, 1.807) is 12.1 Å². The van der Waals surface area contributed by atoms with E-state index in [0.29, 0.717) is 11.4 Å². The normalized spacial score (nSPS) is 19.1. The van der Waals surface area contributed by atoms with Crippen LogP contribution in [0.3, 0.4) is 0 Å². The lowest BCUT2D eigenvalue weighted by Gasteiger charge is -2.31. The summed E-state index contributed by atoms with van der Waals surface area (Å²) in [5, 5.41) is 14.7. The van der Waals surface area contributed by atoms with Gasteiger partial charge in [-0.25, -0.2) is 0 Å². The molecular weight excluding hydrogens is 380 g/mol. The molecule has 0 aromatic heterocycles. The zero-order valence-electron chi connectivity index (χ0n) is 16.7. The van der Waals surface area contributed by atoms with E-state index in [1.807, 2.05) is 6.07 Å². The Morgan fingerprint density at radius 1 is 1.03 bits per heavy atom. The number of hydrogen-bond acceptors (Lipinski definition) is 3. The van der Waals surface area contributed by atoms with E-state index in [0.717, 1.165) is 28.8 Å². The Hall–Kier alpha value is -2.62. The fourth-order valence-electron chi connectivity index (χ4n) is 3.74. The minimum Gasteiger partial charge on any atom is -0.508 e. The van der Waals surface area contributed by atoms with Crippen molar-refractivity contribution in [3.8, 4) is 5.75 Å². The standard InChI is InChI=1S/C25H25ClN2O/c1-3-17-6-10-18(11-7-17)22-15-23(21-14-20(26)12-13-24(21)29)28-25(27-22)19-8-4-16(2)5-9-19/h4-14,23,25,28-29H,3,15H2,1-2H3/t23-,25-/m1/s1. The number of aliphatic imine (C=N–C) groups is 1. The molecule has 0 unspecified atom stereocenters. The predicted molar refractivity (Wildman–Crippen MR) is 120 cm³/mol. The molecule has 0 saturated heterocycles. The van der Waals surface area contributed by atoms with Gasteiger partial charge in [0.25, 0.3) is 0 Å². The summed E-state index contributed by atoms with van der Waals surface area (Å²) in [6.45, 7) is 4.23. The number of benzene rings is 3. The topological polar surface area (TPSA) is 44.6 Å². The molecule has 0 bridgehead atoms. The van der Waals surface area contributed by atoms with Gasteiger partial charge in [0.15, 0.2) is 0 Å². The second-order valence-corrected chi connectivity index (χ2v) is 8.00. The lowest BCUT2D eigenvalue weighted by Crippen LogP contribution is -2.33. The van der Waals surface area contributed by atoms with Crippen LogP contribution >= 0.6 is 11.6 Å². The van der Waals surface area contributed by atoms with Crippen molar-refractivity contribution < 1.29 is 5.11 Å². The van der Waals surface area contributed by atoms with Crippen LogP contribution in [0.1, 0.15) is 53.4 Å². The highest BCUT2D eigenvalue weighted by Gasteiger charge is 2.27. The van der Waals surface area contributed by atoms with Gasteiger partial charge in [-0.05, 0) is 48.2 Å². The molecule has 0 fully saturated rings. The van der Waals surface area contributed by atoms with Crippen LogP contribution in [0.15, 0.2) is 71.7 Å². The van der Waals surface area contributed by atoms with Gasteiger partial charge in [-0.2, -0.15) is 0 Å². The summed E-state index contributed by atoms with van der Waals surface area (Å²) in [5.74, 6) is 0.247. The van der Waals surface area contributed by atoms with Gasteiger partial charge in [0.05, 0.1) is 0 Å². The van der Waals surface area contributed by atoms with Gasteiger partial charge in [0, 0.05) is 28.8 Å². The van der Waals surface area contributed by atoms with Gasteiger partial charge in [-0.3, -0.25) is 10.3 Å². The largest absolute Gasteiger partial charge is 0.508 e. The first-order valence-corrected chi connectivity index (χ1v) is 10.4. The molecule has 4 rings (SSSR count). The van der Waals surface area contributed by atoms with Gasteiger partial charge >= 0.3 is 0 Å². The van der Waals surface area contributed by atoms with Crippen LogP contribution in [0.4, 0.5) is 0 Å². The van der Waals surface area contributed by atoms with Crippen LogP contribution in [-0.4, -0.2) is 10.8 Å². The van der Waals surface area contributed by atoms with Crippen LogP contribution in [0.5, 0.6) is 5.75 Å². The molecule has 0 spiro atoms. The third-order valence-electron chi connectivity index (χ3n) is 5.49. The lowest BCUT2D eigenvalue weighted by atomic mass is 9.93. The Morgan fingerprint density at radius 2 is 1.76 bits per heavy atom. The van der Waals surface area contributed by atoms with Gasteiger partial charge in [-0.1, -0.05) is 72.6 Å². The molecule has 4 heteroatoms. The lowest BCUT2D eigenvalue weighted by molar-refractivity contribution is 0.412. The molecule has 0 saturated carbocycles. The Balaban J connectivity index is 1.75. The second-order valence-electron chi connectivity index (χ2n) is 7.57. The van der Waals surface area contributed by atoms with E-state index >= 15 is 0 Å². The van der Waals surface area contributed by atoms with Crippen LogP contribution in [0.2, 0.25) is 5.02 Å². The fourth-order valence-corrected chi connectivity index (χ4v) is 3.92. The maximum absolute atomic E-state index is 10.5. The second kappa shape index (κ2) is 8.40. The zero-order chi connectivity index (χ0) is 20.4. The molecule has 1 aliphatic rings. The zero-order valence-corrected chi connectivity index (χ0v) is 17.4. The van der Waals surface area contributed by atoms with E-state index in [1.165, 1.54) is 11.1 Å². The van der Waals surface area contributed by atoms with Gasteiger partial charge in [0.2, 0.25) is 0 Å². The maximum atomic E-state index is 10.5. The molecule has 148 valence electrons. The molecule has 0 amide bonds.